The van der Waals surface area contributed by atoms with E-state index in [1.165, 1.54) is 6.42 Å². The predicted octanol–water partition coefficient (Wildman–Crippen LogP) is 2.57. The standard InChI is InChI=1S/C15H23NO3/c1-18-13-8-11(12(17)9-14(13)19-2)15(10-16)6-4-3-5-7-15/h8-9,17H,3-7,10,16H2,1-2H3. The van der Waals surface area contributed by atoms with Gasteiger partial charge in [-0.05, 0) is 18.9 Å². The molecule has 1 aromatic carbocycles. The molecular weight excluding hydrogens is 242 g/mol. The third-order valence-corrected chi connectivity index (χ3v) is 4.27. The molecule has 0 spiro atoms. The normalized spacial score (nSPS) is 18.1. The smallest absolute Gasteiger partial charge is 0.164 e. The molecule has 1 aromatic rings. The van der Waals surface area contributed by atoms with Crippen LogP contribution in [-0.2, 0) is 5.41 Å². The monoisotopic (exact) mass is 265 g/mol. The molecule has 1 fully saturated rings. The minimum atomic E-state index is -0.123. The van der Waals surface area contributed by atoms with Crippen molar-refractivity contribution in [2.24, 2.45) is 5.73 Å². The number of ether oxygens (including phenoxy) is 2. The highest BCUT2D eigenvalue weighted by Gasteiger charge is 2.35. The number of hydrogen-bond acceptors (Lipinski definition) is 4. The molecular formula is C15H23NO3. The second-order valence-corrected chi connectivity index (χ2v) is 5.27. The van der Waals surface area contributed by atoms with E-state index in [1.54, 1.807) is 20.3 Å². The number of hydrogen-bond donors (Lipinski definition) is 2. The molecule has 1 aliphatic rings. The van der Waals surface area contributed by atoms with E-state index in [1.807, 2.05) is 6.07 Å². The Balaban J connectivity index is 2.47. The number of rotatable bonds is 4. The average molecular weight is 265 g/mol. The van der Waals surface area contributed by atoms with Crippen molar-refractivity contribution >= 4 is 0 Å². The van der Waals surface area contributed by atoms with Crippen molar-refractivity contribution in [3.63, 3.8) is 0 Å². The Hall–Kier alpha value is -1.42. The van der Waals surface area contributed by atoms with Crippen molar-refractivity contribution in [3.05, 3.63) is 17.7 Å². The SMILES string of the molecule is COc1cc(O)c(C2(CN)CCCCC2)cc1OC. The minimum Gasteiger partial charge on any atom is -0.508 e. The van der Waals surface area contributed by atoms with Crippen molar-refractivity contribution in [2.75, 3.05) is 20.8 Å². The number of phenolic OH excluding ortho intramolecular Hbond substituents is 1. The zero-order chi connectivity index (χ0) is 13.9. The van der Waals surface area contributed by atoms with Gasteiger partial charge in [-0.3, -0.25) is 0 Å². The summed E-state index contributed by atoms with van der Waals surface area (Å²) in [5.74, 6) is 1.45. The van der Waals surface area contributed by atoms with Gasteiger partial charge in [-0.15, -0.1) is 0 Å². The Morgan fingerprint density at radius 2 is 1.68 bits per heavy atom. The highest BCUT2D eigenvalue weighted by atomic mass is 16.5. The Morgan fingerprint density at radius 3 is 2.21 bits per heavy atom. The summed E-state index contributed by atoms with van der Waals surface area (Å²) in [6, 6.07) is 3.51. The van der Waals surface area contributed by atoms with Crippen molar-refractivity contribution in [1.29, 1.82) is 0 Å². The Labute approximate surface area is 114 Å². The molecule has 0 atom stereocenters. The minimum absolute atomic E-state index is 0.123. The lowest BCUT2D eigenvalue weighted by Crippen LogP contribution is -2.37. The van der Waals surface area contributed by atoms with Crippen LogP contribution in [0.1, 0.15) is 37.7 Å². The van der Waals surface area contributed by atoms with Crippen LogP contribution in [0.15, 0.2) is 12.1 Å². The Kier molecular flexibility index (Phi) is 4.20. The summed E-state index contributed by atoms with van der Waals surface area (Å²) < 4.78 is 10.5. The van der Waals surface area contributed by atoms with Gasteiger partial charge in [0.25, 0.3) is 0 Å². The van der Waals surface area contributed by atoms with Gasteiger partial charge in [0.15, 0.2) is 11.5 Å². The van der Waals surface area contributed by atoms with Crippen LogP contribution >= 0.6 is 0 Å². The number of benzene rings is 1. The maximum atomic E-state index is 10.3. The van der Waals surface area contributed by atoms with Gasteiger partial charge in [-0.1, -0.05) is 19.3 Å². The first kappa shape index (κ1) is 14.0. The van der Waals surface area contributed by atoms with E-state index in [2.05, 4.69) is 0 Å². The quantitative estimate of drug-likeness (QED) is 0.878. The first-order valence-corrected chi connectivity index (χ1v) is 6.82. The molecule has 0 radical (unpaired) electrons. The molecule has 106 valence electrons. The van der Waals surface area contributed by atoms with E-state index in [4.69, 9.17) is 15.2 Å². The van der Waals surface area contributed by atoms with Gasteiger partial charge in [-0.2, -0.15) is 0 Å². The Bertz CT molecular complexity index is 439. The molecule has 19 heavy (non-hydrogen) atoms. The van der Waals surface area contributed by atoms with Crippen molar-refractivity contribution in [1.82, 2.24) is 0 Å². The van der Waals surface area contributed by atoms with Gasteiger partial charge in [0, 0.05) is 23.6 Å². The van der Waals surface area contributed by atoms with E-state index >= 15 is 0 Å². The van der Waals surface area contributed by atoms with Crippen molar-refractivity contribution in [2.45, 2.75) is 37.5 Å². The lowest BCUT2D eigenvalue weighted by Gasteiger charge is -2.37. The summed E-state index contributed by atoms with van der Waals surface area (Å²) in [5, 5.41) is 10.3. The van der Waals surface area contributed by atoms with Crippen molar-refractivity contribution in [3.8, 4) is 17.2 Å². The highest BCUT2D eigenvalue weighted by Crippen LogP contribution is 2.46. The van der Waals surface area contributed by atoms with E-state index in [9.17, 15) is 5.11 Å². The van der Waals surface area contributed by atoms with Gasteiger partial charge in [-0.25, -0.2) is 0 Å². The summed E-state index contributed by atoms with van der Waals surface area (Å²) in [7, 11) is 3.17. The molecule has 0 unspecified atom stereocenters. The van der Waals surface area contributed by atoms with Gasteiger partial charge in [0.05, 0.1) is 14.2 Å². The largest absolute Gasteiger partial charge is 0.508 e. The number of phenols is 1. The molecule has 0 heterocycles. The molecule has 3 N–H and O–H groups in total. The molecule has 2 rings (SSSR count). The molecule has 0 amide bonds. The van der Waals surface area contributed by atoms with E-state index in [0.29, 0.717) is 18.0 Å². The predicted molar refractivity (Wildman–Crippen MR) is 75.0 cm³/mol. The van der Waals surface area contributed by atoms with Crippen LogP contribution in [0.25, 0.3) is 0 Å². The first-order valence-electron chi connectivity index (χ1n) is 6.82. The van der Waals surface area contributed by atoms with Crippen LogP contribution in [0.4, 0.5) is 0 Å². The van der Waals surface area contributed by atoms with E-state index in [-0.39, 0.29) is 11.2 Å². The van der Waals surface area contributed by atoms with E-state index in [0.717, 1.165) is 31.2 Å². The first-order chi connectivity index (χ1) is 9.16. The fraction of sp³-hybridized carbons (Fsp3) is 0.600. The number of nitrogens with two attached hydrogens (primary N) is 1. The molecule has 0 saturated heterocycles. The highest BCUT2D eigenvalue weighted by molar-refractivity contribution is 5.53. The zero-order valence-electron chi connectivity index (χ0n) is 11.7. The summed E-state index contributed by atoms with van der Waals surface area (Å²) in [6.45, 7) is 0.552. The maximum absolute atomic E-state index is 10.3. The molecule has 0 aromatic heterocycles. The zero-order valence-corrected chi connectivity index (χ0v) is 11.7. The number of methoxy groups -OCH3 is 2. The second kappa shape index (κ2) is 5.70. The topological polar surface area (TPSA) is 64.7 Å². The van der Waals surface area contributed by atoms with Crippen molar-refractivity contribution < 1.29 is 14.6 Å². The van der Waals surface area contributed by atoms with Crippen LogP contribution < -0.4 is 15.2 Å². The summed E-state index contributed by atoms with van der Waals surface area (Å²) in [5.41, 5.74) is 6.79. The third-order valence-electron chi connectivity index (χ3n) is 4.27. The van der Waals surface area contributed by atoms with Crippen LogP contribution in [0.5, 0.6) is 17.2 Å². The molecule has 0 aliphatic heterocycles. The second-order valence-electron chi connectivity index (χ2n) is 5.27. The molecule has 1 aliphatic carbocycles. The summed E-state index contributed by atoms with van der Waals surface area (Å²) >= 11 is 0. The average Bonchev–Trinajstić information content (AvgIpc) is 2.47. The molecule has 0 bridgehead atoms. The maximum Gasteiger partial charge on any atom is 0.164 e. The fourth-order valence-electron chi connectivity index (χ4n) is 3.10. The van der Waals surface area contributed by atoms with E-state index < -0.39 is 0 Å². The summed E-state index contributed by atoms with van der Waals surface area (Å²) in [6.07, 6.45) is 5.60. The van der Waals surface area contributed by atoms with Crippen LogP contribution in [0, 0.1) is 0 Å². The van der Waals surface area contributed by atoms with Gasteiger partial charge in [0.2, 0.25) is 0 Å². The molecule has 4 nitrogen and oxygen atoms in total. The fourth-order valence-corrected chi connectivity index (χ4v) is 3.10. The lowest BCUT2D eigenvalue weighted by molar-refractivity contribution is 0.286. The van der Waals surface area contributed by atoms with Crippen LogP contribution in [0.2, 0.25) is 0 Å². The lowest BCUT2D eigenvalue weighted by atomic mass is 9.69. The Morgan fingerprint density at radius 1 is 1.11 bits per heavy atom. The molecule has 4 heteroatoms. The van der Waals surface area contributed by atoms with Gasteiger partial charge < -0.3 is 20.3 Å². The van der Waals surface area contributed by atoms with Gasteiger partial charge >= 0.3 is 0 Å². The van der Waals surface area contributed by atoms with Gasteiger partial charge in [0.1, 0.15) is 5.75 Å². The number of aromatic hydroxyl groups is 1. The summed E-state index contributed by atoms with van der Waals surface area (Å²) in [4.78, 5) is 0. The molecule has 1 saturated carbocycles. The third kappa shape index (κ3) is 2.50. The van der Waals surface area contributed by atoms with Crippen LogP contribution in [0.3, 0.4) is 0 Å². The van der Waals surface area contributed by atoms with Crippen LogP contribution in [-0.4, -0.2) is 25.9 Å².